The highest BCUT2D eigenvalue weighted by Crippen LogP contribution is 2.38. The molecule has 3 heteroatoms. The number of hydrogen-bond acceptors (Lipinski definition) is 2. The molecule has 1 aliphatic rings. The summed E-state index contributed by atoms with van der Waals surface area (Å²) in [5, 5.41) is 0. The van der Waals surface area contributed by atoms with Crippen LogP contribution in [0, 0.1) is 0 Å². The standard InChI is InChI=1S/C19H23ClN2/c1-21-14-15-22(13-12-20)19(16-21,17-8-4-2-5-9-17)18-10-6-3-7-11-18/h2-11H,12-16H2,1H3. The topological polar surface area (TPSA) is 6.48 Å². The summed E-state index contributed by atoms with van der Waals surface area (Å²) in [6.07, 6.45) is 0. The van der Waals surface area contributed by atoms with Gasteiger partial charge in [0, 0.05) is 32.1 Å². The molecule has 116 valence electrons. The molecule has 3 rings (SSSR count). The molecule has 0 atom stereocenters. The average Bonchev–Trinajstić information content (AvgIpc) is 2.58. The molecule has 1 saturated heterocycles. The Morgan fingerprint density at radius 3 is 1.95 bits per heavy atom. The van der Waals surface area contributed by atoms with Crippen LogP contribution in [0.1, 0.15) is 11.1 Å². The molecule has 0 saturated carbocycles. The van der Waals surface area contributed by atoms with Crippen molar-refractivity contribution >= 4 is 11.6 Å². The Labute approximate surface area is 138 Å². The molecular weight excluding hydrogens is 292 g/mol. The first-order valence-corrected chi connectivity index (χ1v) is 8.41. The Balaban J connectivity index is 2.16. The number of alkyl halides is 1. The molecule has 2 nitrogen and oxygen atoms in total. The first-order valence-electron chi connectivity index (χ1n) is 7.88. The Hall–Kier alpha value is -1.35. The number of nitrogens with zero attached hydrogens (tertiary/aromatic N) is 2. The van der Waals surface area contributed by atoms with Crippen LogP contribution in [0.5, 0.6) is 0 Å². The molecule has 2 aromatic carbocycles. The maximum absolute atomic E-state index is 6.12. The van der Waals surface area contributed by atoms with Gasteiger partial charge in [-0.3, -0.25) is 4.90 Å². The largest absolute Gasteiger partial charge is 0.303 e. The molecule has 0 N–H and O–H groups in total. The summed E-state index contributed by atoms with van der Waals surface area (Å²) in [5.41, 5.74) is 2.57. The quantitative estimate of drug-likeness (QED) is 0.798. The summed E-state index contributed by atoms with van der Waals surface area (Å²) in [6, 6.07) is 21.7. The van der Waals surface area contributed by atoms with Crippen LogP contribution in [0.15, 0.2) is 60.7 Å². The van der Waals surface area contributed by atoms with Crippen molar-refractivity contribution in [3.8, 4) is 0 Å². The lowest BCUT2D eigenvalue weighted by atomic mass is 9.79. The van der Waals surface area contributed by atoms with E-state index in [0.29, 0.717) is 5.88 Å². The lowest BCUT2D eigenvalue weighted by Gasteiger charge is -2.51. The van der Waals surface area contributed by atoms with E-state index < -0.39 is 0 Å². The van der Waals surface area contributed by atoms with Crippen molar-refractivity contribution in [2.75, 3.05) is 39.1 Å². The Bertz CT molecular complexity index is 545. The van der Waals surface area contributed by atoms with Crippen LogP contribution < -0.4 is 0 Å². The molecule has 1 heterocycles. The maximum Gasteiger partial charge on any atom is 0.0845 e. The molecule has 0 bridgehead atoms. The third-order valence-electron chi connectivity index (χ3n) is 4.65. The van der Waals surface area contributed by atoms with Crippen molar-refractivity contribution < 1.29 is 0 Å². The zero-order chi connectivity index (χ0) is 15.4. The molecular formula is C19H23ClN2. The molecule has 0 radical (unpaired) electrons. The fourth-order valence-corrected chi connectivity index (χ4v) is 3.80. The Kier molecular flexibility index (Phi) is 4.82. The minimum Gasteiger partial charge on any atom is -0.303 e. The second-order valence-electron chi connectivity index (χ2n) is 6.01. The van der Waals surface area contributed by atoms with Gasteiger partial charge in [0.1, 0.15) is 0 Å². The summed E-state index contributed by atoms with van der Waals surface area (Å²) < 4.78 is 0. The van der Waals surface area contributed by atoms with E-state index in [9.17, 15) is 0 Å². The normalized spacial score (nSPS) is 19.2. The third-order valence-corrected chi connectivity index (χ3v) is 4.82. The minimum atomic E-state index is -0.121. The molecule has 0 aromatic heterocycles. The van der Waals surface area contributed by atoms with E-state index in [1.54, 1.807) is 0 Å². The molecule has 0 aliphatic carbocycles. The number of halogens is 1. The zero-order valence-corrected chi connectivity index (χ0v) is 13.8. The molecule has 0 unspecified atom stereocenters. The van der Waals surface area contributed by atoms with Gasteiger partial charge >= 0.3 is 0 Å². The van der Waals surface area contributed by atoms with Gasteiger partial charge in [-0.2, -0.15) is 0 Å². The molecule has 1 aliphatic heterocycles. The minimum absolute atomic E-state index is 0.121. The highest BCUT2D eigenvalue weighted by Gasteiger charge is 2.43. The molecule has 2 aromatic rings. The van der Waals surface area contributed by atoms with Gasteiger partial charge in [-0.05, 0) is 18.2 Å². The first kappa shape index (κ1) is 15.5. The van der Waals surface area contributed by atoms with Crippen LogP contribution in [-0.4, -0.2) is 48.9 Å². The zero-order valence-electron chi connectivity index (χ0n) is 13.1. The van der Waals surface area contributed by atoms with Gasteiger partial charge in [0.15, 0.2) is 0 Å². The maximum atomic E-state index is 6.12. The van der Waals surface area contributed by atoms with Crippen LogP contribution in [-0.2, 0) is 5.54 Å². The van der Waals surface area contributed by atoms with Crippen LogP contribution in [0.3, 0.4) is 0 Å². The fraction of sp³-hybridized carbons (Fsp3) is 0.368. The van der Waals surface area contributed by atoms with Gasteiger partial charge in [0.2, 0.25) is 0 Å². The van der Waals surface area contributed by atoms with E-state index in [2.05, 4.69) is 77.5 Å². The van der Waals surface area contributed by atoms with Crippen molar-refractivity contribution in [1.29, 1.82) is 0 Å². The van der Waals surface area contributed by atoms with Gasteiger partial charge in [-0.15, -0.1) is 11.6 Å². The van der Waals surface area contributed by atoms with Crippen molar-refractivity contribution in [3.63, 3.8) is 0 Å². The molecule has 0 amide bonds. The SMILES string of the molecule is CN1CCN(CCCl)C(c2ccccc2)(c2ccccc2)C1. The van der Waals surface area contributed by atoms with E-state index in [1.165, 1.54) is 11.1 Å². The van der Waals surface area contributed by atoms with Crippen molar-refractivity contribution in [3.05, 3.63) is 71.8 Å². The summed E-state index contributed by atoms with van der Waals surface area (Å²) in [6.45, 7) is 4.00. The Morgan fingerprint density at radius 2 is 1.45 bits per heavy atom. The molecule has 22 heavy (non-hydrogen) atoms. The number of likely N-dealkylation sites (N-methyl/N-ethyl adjacent to an activating group) is 1. The van der Waals surface area contributed by atoms with E-state index >= 15 is 0 Å². The van der Waals surface area contributed by atoms with E-state index in [0.717, 1.165) is 26.2 Å². The monoisotopic (exact) mass is 314 g/mol. The van der Waals surface area contributed by atoms with Crippen LogP contribution >= 0.6 is 11.6 Å². The van der Waals surface area contributed by atoms with Crippen LogP contribution in [0.4, 0.5) is 0 Å². The van der Waals surface area contributed by atoms with Gasteiger partial charge < -0.3 is 4.90 Å². The predicted molar refractivity (Wildman–Crippen MR) is 93.5 cm³/mol. The summed E-state index contributed by atoms with van der Waals surface area (Å²) in [4.78, 5) is 4.97. The predicted octanol–water partition coefficient (Wildman–Crippen LogP) is 3.42. The number of hydrogen-bond donors (Lipinski definition) is 0. The highest BCUT2D eigenvalue weighted by molar-refractivity contribution is 6.18. The lowest BCUT2D eigenvalue weighted by Crippen LogP contribution is -2.60. The summed E-state index contributed by atoms with van der Waals surface area (Å²) in [7, 11) is 2.21. The second kappa shape index (κ2) is 6.82. The summed E-state index contributed by atoms with van der Waals surface area (Å²) >= 11 is 6.12. The van der Waals surface area contributed by atoms with Crippen LogP contribution in [0.2, 0.25) is 0 Å². The van der Waals surface area contributed by atoms with Gasteiger partial charge in [0.05, 0.1) is 5.54 Å². The average molecular weight is 315 g/mol. The lowest BCUT2D eigenvalue weighted by molar-refractivity contribution is 0.0365. The second-order valence-corrected chi connectivity index (χ2v) is 6.38. The number of benzene rings is 2. The smallest absolute Gasteiger partial charge is 0.0845 e. The van der Waals surface area contributed by atoms with Gasteiger partial charge in [-0.1, -0.05) is 60.7 Å². The van der Waals surface area contributed by atoms with Crippen molar-refractivity contribution in [2.45, 2.75) is 5.54 Å². The first-order chi connectivity index (χ1) is 10.8. The number of piperazine rings is 1. The summed E-state index contributed by atoms with van der Waals surface area (Å²) in [5.74, 6) is 0.658. The third kappa shape index (κ3) is 2.79. The highest BCUT2D eigenvalue weighted by atomic mass is 35.5. The van der Waals surface area contributed by atoms with Gasteiger partial charge in [-0.25, -0.2) is 0 Å². The fourth-order valence-electron chi connectivity index (χ4n) is 3.60. The van der Waals surface area contributed by atoms with Gasteiger partial charge in [0.25, 0.3) is 0 Å². The number of rotatable bonds is 4. The Morgan fingerprint density at radius 1 is 0.909 bits per heavy atom. The van der Waals surface area contributed by atoms with Crippen LogP contribution in [0.25, 0.3) is 0 Å². The molecule has 0 spiro atoms. The van der Waals surface area contributed by atoms with E-state index in [1.807, 2.05) is 0 Å². The van der Waals surface area contributed by atoms with Crippen molar-refractivity contribution in [2.24, 2.45) is 0 Å². The molecule has 1 fully saturated rings. The van der Waals surface area contributed by atoms with E-state index in [4.69, 9.17) is 11.6 Å². The van der Waals surface area contributed by atoms with Crippen molar-refractivity contribution in [1.82, 2.24) is 9.80 Å². The van der Waals surface area contributed by atoms with E-state index in [-0.39, 0.29) is 5.54 Å².